The maximum Gasteiger partial charge on any atom is 0.298 e. The molecule has 1 aliphatic carbocycles. The van der Waals surface area contributed by atoms with Gasteiger partial charge in [0.25, 0.3) is 5.91 Å². The molecule has 2 nitrogen and oxygen atoms in total. The first-order valence-corrected chi connectivity index (χ1v) is 6.07. The molecule has 1 aliphatic heterocycles. The highest BCUT2D eigenvalue weighted by Gasteiger charge is 2.44. The summed E-state index contributed by atoms with van der Waals surface area (Å²) in [7, 11) is 0. The molecule has 0 aromatic heterocycles. The van der Waals surface area contributed by atoms with Gasteiger partial charge in [-0.2, -0.15) is 12.6 Å². The first-order chi connectivity index (χ1) is 7.15. The SMILES string of the molecule is CC#CC(=O)N1CCC2(CC1)CC(S)C2. The summed E-state index contributed by atoms with van der Waals surface area (Å²) in [6.07, 6.45) is 4.75. The molecule has 1 saturated carbocycles. The van der Waals surface area contributed by atoms with Gasteiger partial charge in [0.05, 0.1) is 0 Å². The van der Waals surface area contributed by atoms with E-state index in [9.17, 15) is 4.79 Å². The lowest BCUT2D eigenvalue weighted by molar-refractivity contribution is -0.128. The van der Waals surface area contributed by atoms with Gasteiger partial charge in [-0.15, -0.1) is 0 Å². The number of piperidine rings is 1. The molecule has 3 heteroatoms. The van der Waals surface area contributed by atoms with Crippen LogP contribution in [0.25, 0.3) is 0 Å². The molecule has 1 saturated heterocycles. The molecule has 15 heavy (non-hydrogen) atoms. The Balaban J connectivity index is 1.86. The van der Waals surface area contributed by atoms with Gasteiger partial charge in [0.1, 0.15) is 0 Å². The van der Waals surface area contributed by atoms with Gasteiger partial charge >= 0.3 is 0 Å². The highest BCUT2D eigenvalue weighted by atomic mass is 32.1. The summed E-state index contributed by atoms with van der Waals surface area (Å²) in [6.45, 7) is 3.47. The molecule has 1 heterocycles. The van der Waals surface area contributed by atoms with Gasteiger partial charge in [-0.1, -0.05) is 5.92 Å². The van der Waals surface area contributed by atoms with Gasteiger partial charge in [0.2, 0.25) is 0 Å². The van der Waals surface area contributed by atoms with Crippen LogP contribution in [-0.4, -0.2) is 29.1 Å². The maximum atomic E-state index is 11.5. The second kappa shape index (κ2) is 4.09. The molecular formula is C12H17NOS. The number of rotatable bonds is 0. The topological polar surface area (TPSA) is 20.3 Å². The van der Waals surface area contributed by atoms with Crippen molar-refractivity contribution >= 4 is 18.5 Å². The molecule has 2 rings (SSSR count). The fraction of sp³-hybridized carbons (Fsp3) is 0.750. The Labute approximate surface area is 96.8 Å². The predicted molar refractivity (Wildman–Crippen MR) is 63.7 cm³/mol. The van der Waals surface area contributed by atoms with Crippen LogP contribution in [0.5, 0.6) is 0 Å². The van der Waals surface area contributed by atoms with E-state index in [0.717, 1.165) is 25.9 Å². The van der Waals surface area contributed by atoms with Crippen molar-refractivity contribution < 1.29 is 4.79 Å². The van der Waals surface area contributed by atoms with E-state index in [0.29, 0.717) is 10.7 Å². The van der Waals surface area contributed by atoms with Crippen LogP contribution in [-0.2, 0) is 4.79 Å². The largest absolute Gasteiger partial charge is 0.332 e. The van der Waals surface area contributed by atoms with Gasteiger partial charge in [-0.3, -0.25) is 4.79 Å². The van der Waals surface area contributed by atoms with Crippen molar-refractivity contribution in [1.29, 1.82) is 0 Å². The van der Waals surface area contributed by atoms with Crippen LogP contribution >= 0.6 is 12.6 Å². The van der Waals surface area contributed by atoms with E-state index >= 15 is 0 Å². The van der Waals surface area contributed by atoms with E-state index in [4.69, 9.17) is 0 Å². The number of likely N-dealkylation sites (tertiary alicyclic amines) is 1. The van der Waals surface area contributed by atoms with E-state index < -0.39 is 0 Å². The smallest absolute Gasteiger partial charge is 0.298 e. The van der Waals surface area contributed by atoms with Gasteiger partial charge in [0, 0.05) is 18.3 Å². The molecule has 0 N–H and O–H groups in total. The normalized spacial score (nSPS) is 24.3. The summed E-state index contributed by atoms with van der Waals surface area (Å²) in [5, 5.41) is 0.600. The minimum atomic E-state index is -0.00547. The average molecular weight is 223 g/mol. The standard InChI is InChI=1S/C12H17NOS/c1-2-3-11(14)13-6-4-12(5-7-13)8-10(15)9-12/h10,15H,4-9H2,1H3. The summed E-state index contributed by atoms with van der Waals surface area (Å²) >= 11 is 4.46. The van der Waals surface area contributed by atoms with Crippen LogP contribution in [0.1, 0.15) is 32.6 Å². The lowest BCUT2D eigenvalue weighted by atomic mass is 9.63. The van der Waals surface area contributed by atoms with E-state index in [1.165, 1.54) is 12.8 Å². The minimum Gasteiger partial charge on any atom is -0.332 e. The van der Waals surface area contributed by atoms with Crippen LogP contribution in [0.15, 0.2) is 0 Å². The Morgan fingerprint density at radius 3 is 2.47 bits per heavy atom. The fourth-order valence-electron chi connectivity index (χ4n) is 2.72. The average Bonchev–Trinajstić information content (AvgIpc) is 2.17. The molecule has 0 aromatic carbocycles. The van der Waals surface area contributed by atoms with Crippen molar-refractivity contribution in [3.05, 3.63) is 0 Å². The summed E-state index contributed by atoms with van der Waals surface area (Å²) in [5.41, 5.74) is 0.517. The molecule has 0 aromatic rings. The molecule has 2 aliphatic rings. The third-order valence-electron chi connectivity index (χ3n) is 3.68. The van der Waals surface area contributed by atoms with Crippen molar-refractivity contribution in [3.8, 4) is 11.8 Å². The number of carbonyl (C=O) groups is 1. The van der Waals surface area contributed by atoms with Crippen LogP contribution < -0.4 is 0 Å². The zero-order valence-corrected chi connectivity index (χ0v) is 10.0. The third-order valence-corrected chi connectivity index (χ3v) is 4.05. The first-order valence-electron chi connectivity index (χ1n) is 5.55. The highest BCUT2D eigenvalue weighted by Crippen LogP contribution is 2.50. The highest BCUT2D eigenvalue weighted by molar-refractivity contribution is 7.81. The molecule has 1 amide bonds. The second-order valence-electron chi connectivity index (χ2n) is 4.73. The van der Waals surface area contributed by atoms with Crippen LogP contribution in [0.4, 0.5) is 0 Å². The second-order valence-corrected chi connectivity index (χ2v) is 5.46. The lowest BCUT2D eigenvalue weighted by Crippen LogP contribution is -2.49. The predicted octanol–water partition coefficient (Wildman–Crippen LogP) is 1.71. The monoisotopic (exact) mass is 223 g/mol. The molecule has 1 spiro atoms. The number of hydrogen-bond donors (Lipinski definition) is 1. The Kier molecular flexibility index (Phi) is 2.97. The molecule has 0 unspecified atom stereocenters. The molecule has 0 bridgehead atoms. The zero-order valence-electron chi connectivity index (χ0n) is 9.12. The Hall–Kier alpha value is -0.620. The van der Waals surface area contributed by atoms with Crippen LogP contribution in [0.3, 0.4) is 0 Å². The molecule has 0 atom stereocenters. The Morgan fingerprint density at radius 1 is 1.40 bits per heavy atom. The van der Waals surface area contributed by atoms with Crippen molar-refractivity contribution in [2.24, 2.45) is 5.41 Å². The van der Waals surface area contributed by atoms with E-state index in [2.05, 4.69) is 24.5 Å². The van der Waals surface area contributed by atoms with E-state index in [-0.39, 0.29) is 5.91 Å². The number of carbonyl (C=O) groups excluding carboxylic acids is 1. The van der Waals surface area contributed by atoms with Gasteiger partial charge in [-0.05, 0) is 43.9 Å². The minimum absolute atomic E-state index is 0.00547. The fourth-order valence-corrected chi connectivity index (χ4v) is 3.49. The van der Waals surface area contributed by atoms with E-state index in [1.807, 2.05) is 4.90 Å². The van der Waals surface area contributed by atoms with Crippen molar-refractivity contribution in [2.45, 2.75) is 37.9 Å². The maximum absolute atomic E-state index is 11.5. The Morgan fingerprint density at radius 2 is 2.00 bits per heavy atom. The summed E-state index contributed by atoms with van der Waals surface area (Å²) in [4.78, 5) is 13.4. The molecule has 82 valence electrons. The summed E-state index contributed by atoms with van der Waals surface area (Å²) in [6, 6.07) is 0. The summed E-state index contributed by atoms with van der Waals surface area (Å²) < 4.78 is 0. The van der Waals surface area contributed by atoms with Gasteiger partial charge < -0.3 is 4.90 Å². The van der Waals surface area contributed by atoms with Gasteiger partial charge in [0.15, 0.2) is 0 Å². The van der Waals surface area contributed by atoms with Crippen LogP contribution in [0.2, 0.25) is 0 Å². The van der Waals surface area contributed by atoms with Gasteiger partial charge in [-0.25, -0.2) is 0 Å². The quantitative estimate of drug-likeness (QED) is 0.490. The van der Waals surface area contributed by atoms with E-state index in [1.54, 1.807) is 6.92 Å². The number of hydrogen-bond acceptors (Lipinski definition) is 2. The number of nitrogens with zero attached hydrogens (tertiary/aromatic N) is 1. The van der Waals surface area contributed by atoms with Crippen molar-refractivity contribution in [3.63, 3.8) is 0 Å². The van der Waals surface area contributed by atoms with Crippen LogP contribution in [0, 0.1) is 17.3 Å². The van der Waals surface area contributed by atoms with Crippen molar-refractivity contribution in [2.75, 3.05) is 13.1 Å². The summed E-state index contributed by atoms with van der Waals surface area (Å²) in [5.74, 6) is 5.27. The lowest BCUT2D eigenvalue weighted by Gasteiger charge is -2.50. The number of thiol groups is 1. The Bertz CT molecular complexity index is 312. The zero-order chi connectivity index (χ0) is 10.9. The third kappa shape index (κ3) is 2.15. The van der Waals surface area contributed by atoms with Crippen molar-refractivity contribution in [1.82, 2.24) is 4.90 Å². The molecular weight excluding hydrogens is 206 g/mol. The number of amides is 1. The first kappa shape index (κ1) is 10.9. The molecule has 0 radical (unpaired) electrons. The molecule has 2 fully saturated rings.